The Morgan fingerprint density at radius 3 is 2.44 bits per heavy atom. The number of nitrogens with zero attached hydrogens (tertiary/aromatic N) is 1. The molecule has 18 heavy (non-hydrogen) atoms. The molecule has 2 rings (SSSR count). The van der Waals surface area contributed by atoms with E-state index >= 15 is 0 Å². The van der Waals surface area contributed by atoms with Crippen LogP contribution in [-0.4, -0.2) is 57.5 Å². The Labute approximate surface area is 111 Å². The molecule has 0 amide bonds. The number of likely N-dealkylation sites (tertiary alicyclic amines) is 1. The Kier molecular flexibility index (Phi) is 5.89. The van der Waals surface area contributed by atoms with Crippen LogP contribution in [0, 0.1) is 11.8 Å². The van der Waals surface area contributed by atoms with E-state index in [0.717, 1.165) is 38.2 Å². The average molecular weight is 256 g/mol. The fourth-order valence-electron chi connectivity index (χ4n) is 3.43. The first-order valence-corrected chi connectivity index (χ1v) is 7.36. The highest BCUT2D eigenvalue weighted by atomic mass is 16.5. The van der Waals surface area contributed by atoms with Crippen LogP contribution in [0.25, 0.3) is 0 Å². The molecule has 4 nitrogen and oxygen atoms in total. The van der Waals surface area contributed by atoms with Crippen molar-refractivity contribution in [1.29, 1.82) is 0 Å². The zero-order valence-corrected chi connectivity index (χ0v) is 11.6. The zero-order valence-electron chi connectivity index (χ0n) is 11.6. The van der Waals surface area contributed by atoms with Crippen LogP contribution in [0.2, 0.25) is 0 Å². The first-order chi connectivity index (χ1) is 8.85. The number of ether oxygens (including phenoxy) is 2. The second kappa shape index (κ2) is 7.43. The maximum atomic E-state index is 6.02. The second-order valence-electron chi connectivity index (χ2n) is 5.69. The van der Waals surface area contributed by atoms with Gasteiger partial charge in [-0.1, -0.05) is 0 Å². The number of rotatable bonds is 5. The van der Waals surface area contributed by atoms with E-state index in [1.54, 1.807) is 7.11 Å². The van der Waals surface area contributed by atoms with Gasteiger partial charge < -0.3 is 15.2 Å². The molecule has 2 heterocycles. The number of methoxy groups -OCH3 is 1. The van der Waals surface area contributed by atoms with E-state index in [-0.39, 0.29) is 0 Å². The molecular weight excluding hydrogens is 228 g/mol. The van der Waals surface area contributed by atoms with E-state index < -0.39 is 0 Å². The number of piperidine rings is 1. The van der Waals surface area contributed by atoms with Gasteiger partial charge in [-0.25, -0.2) is 0 Å². The van der Waals surface area contributed by atoms with Gasteiger partial charge in [-0.05, 0) is 50.6 Å². The highest BCUT2D eigenvalue weighted by Gasteiger charge is 2.30. The second-order valence-corrected chi connectivity index (χ2v) is 5.69. The van der Waals surface area contributed by atoms with Crippen molar-refractivity contribution in [2.45, 2.75) is 31.7 Å². The first kappa shape index (κ1) is 14.3. The van der Waals surface area contributed by atoms with Gasteiger partial charge in [-0.3, -0.25) is 4.90 Å². The Bertz CT molecular complexity index is 224. The molecule has 1 atom stereocenters. The largest absolute Gasteiger partial charge is 0.384 e. The van der Waals surface area contributed by atoms with Crippen molar-refractivity contribution in [1.82, 2.24) is 4.90 Å². The molecule has 106 valence electrons. The molecule has 0 aromatic rings. The van der Waals surface area contributed by atoms with Gasteiger partial charge in [0.15, 0.2) is 0 Å². The van der Waals surface area contributed by atoms with Crippen molar-refractivity contribution < 1.29 is 9.47 Å². The summed E-state index contributed by atoms with van der Waals surface area (Å²) in [7, 11) is 1.80. The molecule has 0 aliphatic carbocycles. The first-order valence-electron chi connectivity index (χ1n) is 7.36. The molecule has 2 fully saturated rings. The monoisotopic (exact) mass is 256 g/mol. The molecule has 0 bridgehead atoms. The van der Waals surface area contributed by atoms with Gasteiger partial charge in [0.25, 0.3) is 0 Å². The lowest BCUT2D eigenvalue weighted by molar-refractivity contribution is 0.0120. The Morgan fingerprint density at radius 2 is 1.89 bits per heavy atom. The van der Waals surface area contributed by atoms with Crippen LogP contribution >= 0.6 is 0 Å². The van der Waals surface area contributed by atoms with Gasteiger partial charge in [0.05, 0.1) is 0 Å². The third-order valence-corrected chi connectivity index (χ3v) is 4.57. The number of hydrogen-bond acceptors (Lipinski definition) is 4. The Balaban J connectivity index is 1.81. The summed E-state index contributed by atoms with van der Waals surface area (Å²) in [5.74, 6) is 1.49. The molecule has 0 radical (unpaired) electrons. The van der Waals surface area contributed by atoms with E-state index in [1.807, 2.05) is 0 Å². The van der Waals surface area contributed by atoms with E-state index in [9.17, 15) is 0 Å². The third-order valence-electron chi connectivity index (χ3n) is 4.57. The topological polar surface area (TPSA) is 47.7 Å². The quantitative estimate of drug-likeness (QED) is 0.800. The normalized spacial score (nSPS) is 26.3. The molecule has 0 aromatic heterocycles. The molecule has 2 saturated heterocycles. The SMILES string of the molecule is COCC1CCN(C(CN)C2CCOCC2)CC1. The molecule has 1 unspecified atom stereocenters. The molecule has 0 spiro atoms. The van der Waals surface area contributed by atoms with Crippen LogP contribution < -0.4 is 5.73 Å². The number of nitrogens with two attached hydrogens (primary N) is 1. The van der Waals surface area contributed by atoms with Crippen molar-refractivity contribution in [3.8, 4) is 0 Å². The average Bonchev–Trinajstić information content (AvgIpc) is 2.43. The molecule has 2 aliphatic heterocycles. The summed E-state index contributed by atoms with van der Waals surface area (Å²) in [6, 6.07) is 0.567. The summed E-state index contributed by atoms with van der Waals surface area (Å²) in [5.41, 5.74) is 6.02. The van der Waals surface area contributed by atoms with Crippen LogP contribution in [0.4, 0.5) is 0 Å². The standard InChI is InChI=1S/C14H28N2O2/c1-17-11-12-2-6-16(7-3-12)14(10-15)13-4-8-18-9-5-13/h12-14H,2-11,15H2,1H3. The van der Waals surface area contributed by atoms with Crippen molar-refractivity contribution in [3.05, 3.63) is 0 Å². The molecule has 2 N–H and O–H groups in total. The summed E-state index contributed by atoms with van der Waals surface area (Å²) in [6.45, 7) is 5.92. The van der Waals surface area contributed by atoms with Crippen LogP contribution in [-0.2, 0) is 9.47 Å². The summed E-state index contributed by atoms with van der Waals surface area (Å²) in [6.07, 6.45) is 4.88. The molecule has 2 aliphatic rings. The molecule has 4 heteroatoms. The van der Waals surface area contributed by atoms with Gasteiger partial charge >= 0.3 is 0 Å². The summed E-state index contributed by atoms with van der Waals surface area (Å²) >= 11 is 0. The predicted octanol–water partition coefficient (Wildman–Crippen LogP) is 1.10. The zero-order chi connectivity index (χ0) is 12.8. The lowest BCUT2D eigenvalue weighted by atomic mass is 9.88. The van der Waals surface area contributed by atoms with E-state index in [0.29, 0.717) is 6.04 Å². The van der Waals surface area contributed by atoms with Crippen molar-refractivity contribution >= 4 is 0 Å². The fraction of sp³-hybridized carbons (Fsp3) is 1.00. The predicted molar refractivity (Wildman–Crippen MR) is 72.6 cm³/mol. The van der Waals surface area contributed by atoms with E-state index in [1.165, 1.54) is 38.8 Å². The van der Waals surface area contributed by atoms with Crippen LogP contribution in [0.1, 0.15) is 25.7 Å². The minimum atomic E-state index is 0.567. The van der Waals surface area contributed by atoms with Gasteiger partial charge in [0.1, 0.15) is 0 Å². The maximum absolute atomic E-state index is 6.02. The van der Waals surface area contributed by atoms with Crippen molar-refractivity contribution in [3.63, 3.8) is 0 Å². The van der Waals surface area contributed by atoms with Crippen LogP contribution in [0.5, 0.6) is 0 Å². The minimum Gasteiger partial charge on any atom is -0.384 e. The molecular formula is C14H28N2O2. The Hall–Kier alpha value is -0.160. The van der Waals surface area contributed by atoms with Crippen molar-refractivity contribution in [2.75, 3.05) is 46.6 Å². The third kappa shape index (κ3) is 3.67. The lowest BCUT2D eigenvalue weighted by Crippen LogP contribution is -2.50. The summed E-state index contributed by atoms with van der Waals surface area (Å²) in [4.78, 5) is 2.61. The van der Waals surface area contributed by atoms with Gasteiger partial charge in [0, 0.05) is 39.5 Å². The van der Waals surface area contributed by atoms with Crippen LogP contribution in [0.15, 0.2) is 0 Å². The van der Waals surface area contributed by atoms with Crippen molar-refractivity contribution in [2.24, 2.45) is 17.6 Å². The highest BCUT2D eigenvalue weighted by molar-refractivity contribution is 4.85. The molecule has 0 aromatic carbocycles. The summed E-state index contributed by atoms with van der Waals surface area (Å²) < 4.78 is 10.7. The van der Waals surface area contributed by atoms with E-state index in [4.69, 9.17) is 15.2 Å². The minimum absolute atomic E-state index is 0.567. The summed E-state index contributed by atoms with van der Waals surface area (Å²) in [5, 5.41) is 0. The van der Waals surface area contributed by atoms with Gasteiger partial charge in [-0.2, -0.15) is 0 Å². The molecule has 0 saturated carbocycles. The fourth-order valence-corrected chi connectivity index (χ4v) is 3.43. The van der Waals surface area contributed by atoms with Gasteiger partial charge in [0.2, 0.25) is 0 Å². The Morgan fingerprint density at radius 1 is 1.22 bits per heavy atom. The lowest BCUT2D eigenvalue weighted by Gasteiger charge is -2.41. The highest BCUT2D eigenvalue weighted by Crippen LogP contribution is 2.26. The maximum Gasteiger partial charge on any atom is 0.0491 e. The smallest absolute Gasteiger partial charge is 0.0491 e. The van der Waals surface area contributed by atoms with Gasteiger partial charge in [-0.15, -0.1) is 0 Å². The van der Waals surface area contributed by atoms with E-state index in [2.05, 4.69) is 4.90 Å². The van der Waals surface area contributed by atoms with Crippen LogP contribution in [0.3, 0.4) is 0 Å². The number of hydrogen-bond donors (Lipinski definition) is 1.